The molecule has 35 heavy (non-hydrogen) atoms. The number of rotatable bonds is 5. The van der Waals surface area contributed by atoms with E-state index >= 15 is 0 Å². The first kappa shape index (κ1) is 21.5. The summed E-state index contributed by atoms with van der Waals surface area (Å²) >= 11 is 0. The van der Waals surface area contributed by atoms with E-state index in [0.29, 0.717) is 24.1 Å². The van der Waals surface area contributed by atoms with Gasteiger partial charge in [0.2, 0.25) is 5.78 Å². The SMILES string of the molecule is Cc1nc2cc(-n3ncc(C(=O)c4cc5ccc(CN6CCC(F)CC6)cc5[nH]4)c3N)ccc2[nH]1. The highest BCUT2D eigenvalue weighted by Crippen LogP contribution is 2.25. The number of nitrogens with one attached hydrogen (secondary N) is 2. The number of halogens is 1. The highest BCUT2D eigenvalue weighted by Gasteiger charge is 2.21. The van der Waals surface area contributed by atoms with Crippen LogP contribution in [0.15, 0.2) is 48.7 Å². The number of carbonyl (C=O) groups is 1. The number of alkyl halides is 1. The van der Waals surface area contributed by atoms with Gasteiger partial charge in [-0.2, -0.15) is 5.10 Å². The van der Waals surface area contributed by atoms with Gasteiger partial charge in [0, 0.05) is 30.5 Å². The number of hydrogen-bond donors (Lipinski definition) is 3. The van der Waals surface area contributed by atoms with E-state index in [2.05, 4.69) is 37.1 Å². The second-order valence-corrected chi connectivity index (χ2v) is 9.26. The van der Waals surface area contributed by atoms with Gasteiger partial charge in [0.1, 0.15) is 17.8 Å². The summed E-state index contributed by atoms with van der Waals surface area (Å²) in [5, 5.41) is 5.32. The van der Waals surface area contributed by atoms with Crippen LogP contribution in [0, 0.1) is 6.92 Å². The Hall–Kier alpha value is -3.98. The minimum absolute atomic E-state index is 0.215. The van der Waals surface area contributed by atoms with Gasteiger partial charge in [-0.25, -0.2) is 14.1 Å². The van der Waals surface area contributed by atoms with Crippen molar-refractivity contribution in [3.05, 3.63) is 71.3 Å². The van der Waals surface area contributed by atoms with Crippen molar-refractivity contribution in [1.29, 1.82) is 0 Å². The fourth-order valence-corrected chi connectivity index (χ4v) is 4.85. The highest BCUT2D eigenvalue weighted by atomic mass is 19.1. The van der Waals surface area contributed by atoms with Crippen LogP contribution in [0.4, 0.5) is 10.2 Å². The summed E-state index contributed by atoms with van der Waals surface area (Å²) in [6.07, 6.45) is 2.00. The largest absolute Gasteiger partial charge is 0.383 e. The van der Waals surface area contributed by atoms with Crippen LogP contribution in [-0.2, 0) is 6.54 Å². The van der Waals surface area contributed by atoms with Crippen molar-refractivity contribution in [2.45, 2.75) is 32.5 Å². The summed E-state index contributed by atoms with van der Waals surface area (Å²) in [5.74, 6) is 0.887. The Balaban J connectivity index is 1.25. The molecule has 0 aliphatic carbocycles. The van der Waals surface area contributed by atoms with E-state index in [9.17, 15) is 9.18 Å². The molecule has 1 aliphatic heterocycles. The van der Waals surface area contributed by atoms with Crippen LogP contribution in [0.1, 0.15) is 40.3 Å². The number of aromatic amines is 2. The first-order valence-corrected chi connectivity index (χ1v) is 11.8. The van der Waals surface area contributed by atoms with Crippen molar-refractivity contribution < 1.29 is 9.18 Å². The number of imidazole rings is 1. The molecule has 0 radical (unpaired) electrons. The molecular formula is C26H26FN7O. The zero-order chi connectivity index (χ0) is 24.1. The first-order valence-electron chi connectivity index (χ1n) is 11.8. The number of benzene rings is 2. The van der Waals surface area contributed by atoms with E-state index in [1.54, 1.807) is 4.68 Å². The fraction of sp³-hybridized carbons (Fsp3) is 0.269. The second kappa shape index (κ2) is 8.35. The Morgan fingerprint density at radius 3 is 2.77 bits per heavy atom. The maximum atomic E-state index is 13.4. The molecule has 0 amide bonds. The zero-order valence-electron chi connectivity index (χ0n) is 19.4. The molecule has 9 heteroatoms. The molecule has 4 heterocycles. The summed E-state index contributed by atoms with van der Waals surface area (Å²) in [6.45, 7) is 4.20. The minimum atomic E-state index is -0.681. The average Bonchev–Trinajstić information content (AvgIpc) is 3.55. The van der Waals surface area contributed by atoms with Crippen molar-refractivity contribution in [3.63, 3.8) is 0 Å². The molecule has 4 N–H and O–H groups in total. The second-order valence-electron chi connectivity index (χ2n) is 9.26. The maximum absolute atomic E-state index is 13.4. The first-order chi connectivity index (χ1) is 16.9. The third kappa shape index (κ3) is 3.97. The van der Waals surface area contributed by atoms with Crippen molar-refractivity contribution in [3.8, 4) is 5.69 Å². The monoisotopic (exact) mass is 471 g/mol. The summed E-state index contributed by atoms with van der Waals surface area (Å²) < 4.78 is 15.0. The molecule has 5 aromatic rings. The molecule has 1 aliphatic rings. The van der Waals surface area contributed by atoms with E-state index in [0.717, 1.165) is 58.6 Å². The molecule has 1 fully saturated rings. The van der Waals surface area contributed by atoms with Crippen molar-refractivity contribution in [2.24, 2.45) is 0 Å². The number of hydrogen-bond acceptors (Lipinski definition) is 5. The van der Waals surface area contributed by atoms with Crippen LogP contribution in [0.5, 0.6) is 0 Å². The normalized spacial score (nSPS) is 15.4. The molecule has 0 unspecified atom stereocenters. The van der Waals surface area contributed by atoms with Crippen LogP contribution in [0.3, 0.4) is 0 Å². The average molecular weight is 472 g/mol. The molecule has 0 bridgehead atoms. The van der Waals surface area contributed by atoms with E-state index in [1.807, 2.05) is 37.3 Å². The number of fused-ring (bicyclic) bond motifs is 2. The molecule has 3 aromatic heterocycles. The lowest BCUT2D eigenvalue weighted by molar-refractivity contribution is 0.103. The Morgan fingerprint density at radius 1 is 1.11 bits per heavy atom. The lowest BCUT2D eigenvalue weighted by Gasteiger charge is -2.28. The summed E-state index contributed by atoms with van der Waals surface area (Å²) in [7, 11) is 0. The molecule has 178 valence electrons. The number of likely N-dealkylation sites (tertiary alicyclic amines) is 1. The molecule has 0 saturated carbocycles. The van der Waals surface area contributed by atoms with Gasteiger partial charge in [-0.15, -0.1) is 0 Å². The van der Waals surface area contributed by atoms with E-state index < -0.39 is 6.17 Å². The summed E-state index contributed by atoms with van der Waals surface area (Å²) in [5.41, 5.74) is 11.6. The number of aromatic nitrogens is 5. The minimum Gasteiger partial charge on any atom is -0.383 e. The quantitative estimate of drug-likeness (QED) is 0.332. The number of ketones is 1. The smallest absolute Gasteiger partial charge is 0.214 e. The highest BCUT2D eigenvalue weighted by molar-refractivity contribution is 6.12. The number of H-pyrrole nitrogens is 2. The van der Waals surface area contributed by atoms with Gasteiger partial charge in [0.25, 0.3) is 0 Å². The van der Waals surface area contributed by atoms with Crippen LogP contribution in [0.2, 0.25) is 0 Å². The van der Waals surface area contributed by atoms with Gasteiger partial charge in [-0.1, -0.05) is 12.1 Å². The van der Waals surface area contributed by atoms with Crippen molar-refractivity contribution >= 4 is 33.5 Å². The molecule has 6 rings (SSSR count). The molecule has 1 saturated heterocycles. The van der Waals surface area contributed by atoms with Gasteiger partial charge in [-0.05, 0) is 55.7 Å². The lowest BCUT2D eigenvalue weighted by atomic mass is 10.1. The number of anilines is 1. The van der Waals surface area contributed by atoms with Gasteiger partial charge < -0.3 is 15.7 Å². The Kier molecular flexibility index (Phi) is 5.14. The number of nitrogen functional groups attached to an aromatic ring is 1. The fourth-order valence-electron chi connectivity index (χ4n) is 4.85. The van der Waals surface area contributed by atoms with Crippen LogP contribution < -0.4 is 5.73 Å². The zero-order valence-corrected chi connectivity index (χ0v) is 19.4. The number of aryl methyl sites for hydroxylation is 1. The van der Waals surface area contributed by atoms with Crippen LogP contribution in [0.25, 0.3) is 27.6 Å². The van der Waals surface area contributed by atoms with Gasteiger partial charge in [0.05, 0.1) is 34.2 Å². The van der Waals surface area contributed by atoms with Gasteiger partial charge in [-0.3, -0.25) is 9.69 Å². The summed E-state index contributed by atoms with van der Waals surface area (Å²) in [4.78, 5) is 26.5. The Morgan fingerprint density at radius 2 is 1.94 bits per heavy atom. The number of carbonyl (C=O) groups excluding carboxylic acids is 1. The van der Waals surface area contributed by atoms with E-state index in [-0.39, 0.29) is 11.6 Å². The van der Waals surface area contributed by atoms with Crippen molar-refractivity contribution in [1.82, 2.24) is 29.6 Å². The number of nitrogens with two attached hydrogens (primary N) is 1. The molecular weight excluding hydrogens is 445 g/mol. The number of piperidine rings is 1. The standard InChI is InChI=1S/C26H26FN7O/c1-15-30-21-5-4-19(12-23(21)31-15)34-26(28)20(13-29-34)25(35)24-11-17-3-2-16(10-22(17)32-24)14-33-8-6-18(27)7-9-33/h2-5,10-13,18,32H,6-9,14,28H2,1H3,(H,30,31). The topological polar surface area (TPSA) is 109 Å². The third-order valence-electron chi connectivity index (χ3n) is 6.74. The van der Waals surface area contributed by atoms with Gasteiger partial charge in [0.15, 0.2) is 0 Å². The van der Waals surface area contributed by atoms with E-state index in [4.69, 9.17) is 5.73 Å². The number of nitrogens with zero attached hydrogens (tertiary/aromatic N) is 4. The lowest BCUT2D eigenvalue weighted by Crippen LogP contribution is -2.33. The predicted octanol–water partition coefficient (Wildman–Crippen LogP) is 4.29. The molecule has 0 spiro atoms. The van der Waals surface area contributed by atoms with Crippen LogP contribution >= 0.6 is 0 Å². The van der Waals surface area contributed by atoms with Crippen molar-refractivity contribution in [2.75, 3.05) is 18.8 Å². The van der Waals surface area contributed by atoms with Gasteiger partial charge >= 0.3 is 0 Å². The van der Waals surface area contributed by atoms with Crippen LogP contribution in [-0.4, -0.2) is 54.7 Å². The Bertz CT molecular complexity index is 1550. The van der Waals surface area contributed by atoms with E-state index in [1.165, 1.54) is 6.20 Å². The summed E-state index contributed by atoms with van der Waals surface area (Å²) in [6, 6.07) is 13.7. The molecule has 0 atom stereocenters. The Labute approximate surface area is 200 Å². The molecule has 8 nitrogen and oxygen atoms in total. The maximum Gasteiger partial charge on any atom is 0.214 e. The third-order valence-corrected chi connectivity index (χ3v) is 6.74. The predicted molar refractivity (Wildman–Crippen MR) is 134 cm³/mol. The molecule has 2 aromatic carbocycles.